The van der Waals surface area contributed by atoms with Crippen LogP contribution in [0.15, 0.2) is 40.6 Å². The summed E-state index contributed by atoms with van der Waals surface area (Å²) in [6, 6.07) is 6.33. The minimum Gasteiger partial charge on any atom is -0.497 e. The largest absolute Gasteiger partial charge is 0.497 e. The van der Waals surface area contributed by atoms with Gasteiger partial charge in [0.1, 0.15) is 28.6 Å². The molecule has 1 unspecified atom stereocenters. The van der Waals surface area contributed by atoms with Crippen LogP contribution in [0, 0.1) is 0 Å². The van der Waals surface area contributed by atoms with Crippen molar-refractivity contribution in [1.82, 2.24) is 0 Å². The van der Waals surface area contributed by atoms with Crippen molar-refractivity contribution in [1.29, 1.82) is 0 Å². The Bertz CT molecular complexity index is 977. The van der Waals surface area contributed by atoms with E-state index in [0.717, 1.165) is 4.42 Å². The van der Waals surface area contributed by atoms with Gasteiger partial charge in [-0.2, -0.15) is 5.11 Å². The maximum absolute atomic E-state index is 13.0. The summed E-state index contributed by atoms with van der Waals surface area (Å²) in [5, 5.41) is 8.02. The van der Waals surface area contributed by atoms with Gasteiger partial charge in [-0.3, -0.25) is 9.59 Å². The summed E-state index contributed by atoms with van der Waals surface area (Å²) >= 11 is 12.5. The molecule has 0 radical (unpaired) electrons. The van der Waals surface area contributed by atoms with Crippen molar-refractivity contribution < 1.29 is 28.5 Å². The number of rotatable bonds is 9. The number of hydrogen-bond donors (Lipinski definition) is 0. The molecule has 0 fully saturated rings. The fraction of sp³-hybridized carbons (Fsp3) is 0.300. The molecule has 0 aliphatic heterocycles. The van der Waals surface area contributed by atoms with Gasteiger partial charge in [0.15, 0.2) is 11.5 Å². The first-order valence-corrected chi connectivity index (χ1v) is 9.54. The lowest BCUT2D eigenvalue weighted by Gasteiger charge is -2.21. The number of carbonyl (C=O) groups excluding carboxylic acids is 2. The molecule has 0 heterocycles. The van der Waals surface area contributed by atoms with Crippen LogP contribution < -0.4 is 23.4 Å². The number of hydrogen-bond acceptors (Lipinski definition) is 8. The first-order chi connectivity index (χ1) is 14.8. The molecule has 2 aromatic rings. The smallest absolute Gasteiger partial charge is 0.276 e. The van der Waals surface area contributed by atoms with E-state index in [0.29, 0.717) is 5.75 Å². The highest BCUT2D eigenvalue weighted by Crippen LogP contribution is 2.41. The average molecular weight is 470 g/mol. The van der Waals surface area contributed by atoms with Crippen LogP contribution in [0.1, 0.15) is 6.92 Å². The number of methoxy groups -OCH3 is 4. The third-order valence-electron chi connectivity index (χ3n) is 4.14. The number of nitrogens with zero attached hydrogens (tertiary/aromatic N) is 3. The maximum atomic E-state index is 13.0. The van der Waals surface area contributed by atoms with Crippen LogP contribution in [-0.4, -0.2) is 46.2 Å². The summed E-state index contributed by atoms with van der Waals surface area (Å²) in [5.74, 6) is -0.225. The zero-order chi connectivity index (χ0) is 23.1. The van der Waals surface area contributed by atoms with E-state index < -0.39 is 17.7 Å². The van der Waals surface area contributed by atoms with Gasteiger partial charge in [-0.05, 0) is 19.1 Å². The summed E-state index contributed by atoms with van der Waals surface area (Å²) in [4.78, 5) is 25.2. The van der Waals surface area contributed by atoms with Crippen molar-refractivity contribution >= 4 is 46.4 Å². The molecule has 2 rings (SSSR count). The Labute approximate surface area is 189 Å². The zero-order valence-electron chi connectivity index (χ0n) is 17.5. The van der Waals surface area contributed by atoms with Crippen LogP contribution in [0.25, 0.3) is 0 Å². The number of halogens is 2. The number of benzene rings is 2. The van der Waals surface area contributed by atoms with Crippen molar-refractivity contribution in [2.45, 2.75) is 13.0 Å². The molecule has 31 heavy (non-hydrogen) atoms. The second-order valence-electron chi connectivity index (χ2n) is 6.02. The normalized spacial score (nSPS) is 11.7. The number of ether oxygens (including phenoxy) is 4. The van der Waals surface area contributed by atoms with Crippen molar-refractivity contribution in [3.63, 3.8) is 0 Å². The van der Waals surface area contributed by atoms with Gasteiger partial charge in [0, 0.05) is 23.9 Å². The molecule has 9 nitrogen and oxygen atoms in total. The van der Waals surface area contributed by atoms with Crippen LogP contribution in [-0.2, 0) is 9.59 Å². The third-order valence-corrected chi connectivity index (χ3v) is 4.77. The highest BCUT2D eigenvalue weighted by molar-refractivity contribution is 6.40. The predicted octanol–water partition coefficient (Wildman–Crippen LogP) is 4.60. The fourth-order valence-corrected chi connectivity index (χ4v) is 3.08. The maximum Gasteiger partial charge on any atom is 0.276 e. The Kier molecular flexibility index (Phi) is 8.47. The van der Waals surface area contributed by atoms with Crippen LogP contribution in [0.2, 0.25) is 5.02 Å². The Balaban J connectivity index is 2.44. The second kappa shape index (κ2) is 10.8. The van der Waals surface area contributed by atoms with E-state index in [4.69, 9.17) is 42.3 Å². The molecule has 0 aliphatic carbocycles. The number of amides is 1. The number of ketones is 1. The highest BCUT2D eigenvalue weighted by atomic mass is 35.5. The topological polar surface area (TPSA) is 99.0 Å². The number of anilines is 1. The van der Waals surface area contributed by atoms with Gasteiger partial charge in [-0.25, -0.2) is 4.42 Å². The van der Waals surface area contributed by atoms with Gasteiger partial charge in [0.05, 0.1) is 33.5 Å². The molecular weight excluding hydrogens is 449 g/mol. The Morgan fingerprint density at radius 2 is 1.55 bits per heavy atom. The van der Waals surface area contributed by atoms with Crippen LogP contribution in [0.3, 0.4) is 0 Å². The summed E-state index contributed by atoms with van der Waals surface area (Å²) in [6.45, 7) is 1.19. The van der Waals surface area contributed by atoms with E-state index in [1.165, 1.54) is 41.4 Å². The fourth-order valence-electron chi connectivity index (χ4n) is 2.58. The van der Waals surface area contributed by atoms with E-state index in [1.54, 1.807) is 24.3 Å². The summed E-state index contributed by atoms with van der Waals surface area (Å²) in [7, 11) is 5.70. The van der Waals surface area contributed by atoms with Gasteiger partial charge >= 0.3 is 0 Å². The Morgan fingerprint density at radius 3 is 2.03 bits per heavy atom. The SMILES string of the molecule is COc1cc(Cl)c(N=NC(C(C)=O)C(=O)N(Cl)c2c(OC)cccc2OC)c(OC)c1. The molecule has 1 atom stereocenters. The van der Waals surface area contributed by atoms with Crippen molar-refractivity contribution in [3.8, 4) is 23.0 Å². The predicted molar refractivity (Wildman–Crippen MR) is 116 cm³/mol. The average Bonchev–Trinajstić information content (AvgIpc) is 2.77. The molecule has 0 saturated carbocycles. The van der Waals surface area contributed by atoms with Gasteiger partial charge in [-0.15, -0.1) is 5.11 Å². The first-order valence-electron chi connectivity index (χ1n) is 8.82. The molecule has 0 bridgehead atoms. The lowest BCUT2D eigenvalue weighted by molar-refractivity contribution is -0.126. The minimum atomic E-state index is -1.55. The second-order valence-corrected chi connectivity index (χ2v) is 6.76. The Hall–Kier alpha value is -3.04. The van der Waals surface area contributed by atoms with Gasteiger partial charge in [0.2, 0.25) is 6.04 Å². The molecule has 0 aromatic heterocycles. The van der Waals surface area contributed by atoms with Crippen LogP contribution in [0.4, 0.5) is 11.4 Å². The van der Waals surface area contributed by atoms with E-state index in [2.05, 4.69) is 10.2 Å². The van der Waals surface area contributed by atoms with Gasteiger partial charge in [0.25, 0.3) is 5.91 Å². The molecule has 166 valence electrons. The van der Waals surface area contributed by atoms with E-state index in [9.17, 15) is 9.59 Å². The summed E-state index contributed by atoms with van der Waals surface area (Å²) in [5.41, 5.74) is 0.251. The Morgan fingerprint density at radius 1 is 0.968 bits per heavy atom. The molecule has 2 aromatic carbocycles. The molecule has 0 aliphatic rings. The van der Waals surface area contributed by atoms with Crippen LogP contribution in [0.5, 0.6) is 23.0 Å². The van der Waals surface area contributed by atoms with Crippen molar-refractivity contribution in [2.24, 2.45) is 10.2 Å². The van der Waals surface area contributed by atoms with Crippen molar-refractivity contribution in [3.05, 3.63) is 35.4 Å². The zero-order valence-corrected chi connectivity index (χ0v) is 19.0. The number of azo groups is 1. The first kappa shape index (κ1) is 24.2. The highest BCUT2D eigenvalue weighted by Gasteiger charge is 2.32. The van der Waals surface area contributed by atoms with Crippen LogP contribution >= 0.6 is 23.4 Å². The number of para-hydroxylation sites is 1. The standard InChI is InChI=1S/C20H21Cl2N3O6/c1-11(26)17(23-24-18-13(21)9-12(28-2)10-16(18)31-5)20(27)25(22)19-14(29-3)7-6-8-15(19)30-4/h6-10,17H,1-5H3. The molecule has 0 N–H and O–H groups in total. The monoisotopic (exact) mass is 469 g/mol. The van der Waals surface area contributed by atoms with E-state index in [1.807, 2.05) is 0 Å². The molecular formula is C20H21Cl2N3O6. The van der Waals surface area contributed by atoms with E-state index >= 15 is 0 Å². The molecule has 11 heteroatoms. The molecule has 0 saturated heterocycles. The quantitative estimate of drug-likeness (QED) is 0.302. The molecule has 0 spiro atoms. The lowest BCUT2D eigenvalue weighted by Crippen LogP contribution is -2.36. The lowest BCUT2D eigenvalue weighted by atomic mass is 10.2. The van der Waals surface area contributed by atoms with Gasteiger partial charge in [-0.1, -0.05) is 17.7 Å². The number of Topliss-reactive ketones (excluding diaryl/α,β-unsaturated/α-hetero) is 1. The third kappa shape index (κ3) is 5.36. The number of carbonyl (C=O) groups is 2. The van der Waals surface area contributed by atoms with Crippen molar-refractivity contribution in [2.75, 3.05) is 32.9 Å². The van der Waals surface area contributed by atoms with Gasteiger partial charge < -0.3 is 18.9 Å². The van der Waals surface area contributed by atoms with E-state index in [-0.39, 0.29) is 33.6 Å². The summed E-state index contributed by atoms with van der Waals surface area (Å²) in [6.07, 6.45) is 0. The molecule has 1 amide bonds. The minimum absolute atomic E-state index is 0.125. The summed E-state index contributed by atoms with van der Waals surface area (Å²) < 4.78 is 21.6.